The number of hydrogen-bond donors (Lipinski definition) is 3. The van der Waals surface area contributed by atoms with E-state index in [2.05, 4.69) is 30.8 Å². The highest BCUT2D eigenvalue weighted by Gasteiger charge is 2.05. The molecule has 0 aliphatic heterocycles. The number of hydrazine groups is 1. The Morgan fingerprint density at radius 1 is 1.30 bits per heavy atom. The molecular weight excluding hydrogens is 260 g/mol. The van der Waals surface area contributed by atoms with Gasteiger partial charge in [-0.15, -0.1) is 0 Å². The molecule has 108 valence electrons. The van der Waals surface area contributed by atoms with Crippen molar-refractivity contribution >= 4 is 11.6 Å². The molecule has 0 atom stereocenters. The normalized spacial score (nSPS) is 10.6. The van der Waals surface area contributed by atoms with Crippen LogP contribution in [0.25, 0.3) is 0 Å². The molecule has 2 aromatic heterocycles. The van der Waals surface area contributed by atoms with Crippen LogP contribution >= 0.6 is 0 Å². The fraction of sp³-hybridized carbons (Fsp3) is 0.455. The predicted octanol–water partition coefficient (Wildman–Crippen LogP) is 0.0393. The van der Waals surface area contributed by atoms with Crippen molar-refractivity contribution in [2.24, 2.45) is 12.9 Å². The number of nitrogen functional groups attached to an aromatic ring is 1. The van der Waals surface area contributed by atoms with Crippen LogP contribution in [0.4, 0.5) is 11.6 Å². The largest absolute Gasteiger partial charge is 0.374 e. The van der Waals surface area contributed by atoms with Crippen LogP contribution < -0.4 is 16.6 Å². The van der Waals surface area contributed by atoms with Crippen LogP contribution in [0.15, 0.2) is 12.4 Å². The van der Waals surface area contributed by atoms with Crippen LogP contribution in [0.3, 0.4) is 0 Å². The summed E-state index contributed by atoms with van der Waals surface area (Å²) in [5, 5.41) is 7.30. The maximum absolute atomic E-state index is 5.39. The van der Waals surface area contributed by atoms with Gasteiger partial charge in [0, 0.05) is 19.7 Å². The number of nitrogens with one attached hydrogen (secondary N) is 2. The first-order valence-corrected chi connectivity index (χ1v) is 6.22. The number of nitrogens with two attached hydrogens (primary N) is 1. The van der Waals surface area contributed by atoms with Crippen molar-refractivity contribution in [3.8, 4) is 0 Å². The minimum absolute atomic E-state index is 0.336. The quantitative estimate of drug-likeness (QED) is 0.480. The fourth-order valence-electron chi connectivity index (χ4n) is 1.55. The van der Waals surface area contributed by atoms with Crippen molar-refractivity contribution in [3.05, 3.63) is 24.0 Å². The van der Waals surface area contributed by atoms with Gasteiger partial charge in [-0.1, -0.05) is 0 Å². The lowest BCUT2D eigenvalue weighted by atomic mass is 10.4. The lowest BCUT2D eigenvalue weighted by Gasteiger charge is -2.08. The molecule has 0 radical (unpaired) electrons. The van der Waals surface area contributed by atoms with Gasteiger partial charge in [0.1, 0.15) is 24.6 Å². The molecule has 9 nitrogen and oxygen atoms in total. The van der Waals surface area contributed by atoms with Crippen LogP contribution in [-0.2, 0) is 24.9 Å². The fourth-order valence-corrected chi connectivity index (χ4v) is 1.55. The van der Waals surface area contributed by atoms with E-state index in [0.717, 1.165) is 0 Å². The molecule has 0 aromatic carbocycles. The van der Waals surface area contributed by atoms with Gasteiger partial charge in [0.05, 0.1) is 6.54 Å². The van der Waals surface area contributed by atoms with Crippen molar-refractivity contribution in [3.63, 3.8) is 0 Å². The van der Waals surface area contributed by atoms with Gasteiger partial charge in [-0.2, -0.15) is 5.10 Å². The maximum Gasteiger partial charge on any atom is 0.169 e. The summed E-state index contributed by atoms with van der Waals surface area (Å²) in [6.07, 6.45) is 1.64. The highest BCUT2D eigenvalue weighted by molar-refractivity contribution is 5.46. The summed E-state index contributed by atoms with van der Waals surface area (Å²) in [6, 6.07) is 1.71. The molecule has 2 aromatic rings. The Morgan fingerprint density at radius 3 is 2.75 bits per heavy atom. The Bertz CT molecular complexity index is 555. The second-order valence-electron chi connectivity index (χ2n) is 4.02. The topological polar surface area (TPSA) is 116 Å². The first kappa shape index (κ1) is 14.2. The molecule has 2 heterocycles. The number of ether oxygens (including phenoxy) is 1. The number of aryl methyl sites for hydroxylation is 1. The molecule has 0 aliphatic rings. The SMILES string of the molecule is CCOCc1nc(NN)cc(NCc2ncn(C)n2)n1. The van der Waals surface area contributed by atoms with E-state index >= 15 is 0 Å². The third-order valence-electron chi connectivity index (χ3n) is 2.43. The summed E-state index contributed by atoms with van der Waals surface area (Å²) < 4.78 is 6.93. The molecule has 9 heteroatoms. The predicted molar refractivity (Wildman–Crippen MR) is 73.5 cm³/mol. The Morgan fingerprint density at radius 2 is 2.10 bits per heavy atom. The van der Waals surface area contributed by atoms with Gasteiger partial charge in [-0.25, -0.2) is 20.8 Å². The van der Waals surface area contributed by atoms with E-state index in [0.29, 0.717) is 43.0 Å². The van der Waals surface area contributed by atoms with Gasteiger partial charge in [0.25, 0.3) is 0 Å². The number of rotatable bonds is 7. The van der Waals surface area contributed by atoms with E-state index in [4.69, 9.17) is 10.6 Å². The second kappa shape index (κ2) is 6.78. The summed E-state index contributed by atoms with van der Waals surface area (Å²) in [4.78, 5) is 12.7. The number of aromatic nitrogens is 5. The van der Waals surface area contributed by atoms with Crippen LogP contribution in [-0.4, -0.2) is 31.3 Å². The number of nitrogens with zero attached hydrogens (tertiary/aromatic N) is 5. The monoisotopic (exact) mass is 278 g/mol. The summed E-state index contributed by atoms with van der Waals surface area (Å²) in [5.41, 5.74) is 2.50. The Balaban J connectivity index is 2.05. The molecule has 0 bridgehead atoms. The molecule has 0 amide bonds. The van der Waals surface area contributed by atoms with Crippen LogP contribution in [0.1, 0.15) is 18.6 Å². The molecule has 0 spiro atoms. The second-order valence-corrected chi connectivity index (χ2v) is 4.02. The molecule has 0 saturated heterocycles. The van der Waals surface area contributed by atoms with Crippen LogP contribution in [0.2, 0.25) is 0 Å². The van der Waals surface area contributed by atoms with Crippen LogP contribution in [0, 0.1) is 0 Å². The number of anilines is 2. The first-order chi connectivity index (χ1) is 9.71. The lowest BCUT2D eigenvalue weighted by molar-refractivity contribution is 0.128. The number of hydrogen-bond acceptors (Lipinski definition) is 8. The van der Waals surface area contributed by atoms with Crippen molar-refractivity contribution in [1.82, 2.24) is 24.7 Å². The summed E-state index contributed by atoms with van der Waals surface area (Å²) in [7, 11) is 1.82. The minimum Gasteiger partial charge on any atom is -0.374 e. The summed E-state index contributed by atoms with van der Waals surface area (Å²) in [6.45, 7) is 3.32. The molecular formula is C11H18N8O. The zero-order valence-corrected chi connectivity index (χ0v) is 11.5. The van der Waals surface area contributed by atoms with E-state index in [1.54, 1.807) is 17.1 Å². The van der Waals surface area contributed by atoms with E-state index < -0.39 is 0 Å². The van der Waals surface area contributed by atoms with Gasteiger partial charge in [-0.05, 0) is 6.92 Å². The molecule has 4 N–H and O–H groups in total. The van der Waals surface area contributed by atoms with Crippen LogP contribution in [0.5, 0.6) is 0 Å². The van der Waals surface area contributed by atoms with Gasteiger partial charge >= 0.3 is 0 Å². The van der Waals surface area contributed by atoms with Crippen molar-refractivity contribution in [2.45, 2.75) is 20.1 Å². The molecule has 2 rings (SSSR count). The van der Waals surface area contributed by atoms with Gasteiger partial charge < -0.3 is 15.5 Å². The highest BCUT2D eigenvalue weighted by Crippen LogP contribution is 2.11. The van der Waals surface area contributed by atoms with E-state index in [1.165, 1.54) is 0 Å². The maximum atomic E-state index is 5.39. The Kier molecular flexibility index (Phi) is 4.80. The van der Waals surface area contributed by atoms with Crippen molar-refractivity contribution in [1.29, 1.82) is 0 Å². The average Bonchev–Trinajstić information content (AvgIpc) is 2.88. The summed E-state index contributed by atoms with van der Waals surface area (Å²) in [5.74, 6) is 7.78. The van der Waals surface area contributed by atoms with E-state index in [1.807, 2.05) is 14.0 Å². The third kappa shape index (κ3) is 3.87. The Hall–Kier alpha value is -2.26. The van der Waals surface area contributed by atoms with Gasteiger partial charge in [0.2, 0.25) is 0 Å². The van der Waals surface area contributed by atoms with E-state index in [9.17, 15) is 0 Å². The molecule has 20 heavy (non-hydrogen) atoms. The minimum atomic E-state index is 0.336. The standard InChI is InChI=1S/C11H18N8O/c1-3-20-6-11-15-8(4-9(16-11)17-12)13-5-10-14-7-19(2)18-10/h4,7H,3,5-6,12H2,1-2H3,(H2,13,15,16,17). The van der Waals surface area contributed by atoms with Crippen molar-refractivity contribution in [2.75, 3.05) is 17.3 Å². The zero-order chi connectivity index (χ0) is 14.4. The average molecular weight is 278 g/mol. The molecule has 0 fully saturated rings. The molecule has 0 unspecified atom stereocenters. The van der Waals surface area contributed by atoms with Gasteiger partial charge in [0.15, 0.2) is 11.6 Å². The molecule has 0 aliphatic carbocycles. The zero-order valence-electron chi connectivity index (χ0n) is 11.5. The van der Waals surface area contributed by atoms with Gasteiger partial charge in [-0.3, -0.25) is 4.68 Å². The first-order valence-electron chi connectivity index (χ1n) is 6.22. The Labute approximate surface area is 116 Å². The highest BCUT2D eigenvalue weighted by atomic mass is 16.5. The third-order valence-corrected chi connectivity index (χ3v) is 2.43. The lowest BCUT2D eigenvalue weighted by Crippen LogP contribution is -2.13. The summed E-state index contributed by atoms with van der Waals surface area (Å²) >= 11 is 0. The molecule has 0 saturated carbocycles. The van der Waals surface area contributed by atoms with E-state index in [-0.39, 0.29) is 0 Å². The smallest absolute Gasteiger partial charge is 0.169 e. The van der Waals surface area contributed by atoms with Crippen molar-refractivity contribution < 1.29 is 4.74 Å².